The van der Waals surface area contributed by atoms with E-state index in [9.17, 15) is 23.4 Å². The van der Waals surface area contributed by atoms with Crippen LogP contribution in [0.4, 0.5) is 5.69 Å². The molecule has 3 N–H and O–H groups in total. The van der Waals surface area contributed by atoms with E-state index in [2.05, 4.69) is 4.72 Å². The molecule has 1 heterocycles. The molecule has 0 bridgehead atoms. The third-order valence-corrected chi connectivity index (χ3v) is 8.28. The van der Waals surface area contributed by atoms with Gasteiger partial charge in [0.2, 0.25) is 5.91 Å². The predicted molar refractivity (Wildman–Crippen MR) is 138 cm³/mol. The molecule has 0 saturated carbocycles. The number of nitrogens with one attached hydrogen (secondary N) is 1. The Bertz CT molecular complexity index is 1230. The number of carbonyl (C=O) groups excluding carboxylic acids is 1. The van der Waals surface area contributed by atoms with Crippen molar-refractivity contribution >= 4 is 33.2 Å². The average Bonchev–Trinajstić information content (AvgIpc) is 3.02. The summed E-state index contributed by atoms with van der Waals surface area (Å²) in [6.07, 6.45) is 0.335. The average molecular weight is 523 g/mol. The van der Waals surface area contributed by atoms with Gasteiger partial charge in [0.1, 0.15) is 10.6 Å². The number of likely N-dealkylation sites (tertiary alicyclic amines) is 1. The van der Waals surface area contributed by atoms with Gasteiger partial charge < -0.3 is 15.1 Å². The lowest BCUT2D eigenvalue weighted by molar-refractivity contribution is -0.146. The van der Waals surface area contributed by atoms with Crippen LogP contribution in [0, 0.1) is 0 Å². The first-order chi connectivity index (χ1) is 15.9. The largest absolute Gasteiger partial charge is 0.507 e. The van der Waals surface area contributed by atoms with Crippen LogP contribution in [0.15, 0.2) is 35.2 Å². The van der Waals surface area contributed by atoms with Crippen LogP contribution in [0.1, 0.15) is 78.0 Å². The smallest absolute Gasteiger partial charge is 0.263 e. The summed E-state index contributed by atoms with van der Waals surface area (Å²) in [5.74, 6) is -0.0539. The van der Waals surface area contributed by atoms with Gasteiger partial charge in [-0.1, -0.05) is 59.2 Å². The van der Waals surface area contributed by atoms with Gasteiger partial charge in [-0.3, -0.25) is 9.52 Å². The predicted octanol–water partition coefficient (Wildman–Crippen LogP) is 5.23. The first-order valence-corrected chi connectivity index (χ1v) is 13.5. The summed E-state index contributed by atoms with van der Waals surface area (Å²) in [5.41, 5.74) is -0.677. The number of rotatable bonds is 5. The van der Waals surface area contributed by atoms with Crippen LogP contribution >= 0.6 is 11.6 Å². The van der Waals surface area contributed by atoms with Crippen molar-refractivity contribution in [1.29, 1.82) is 0 Å². The molecular weight excluding hydrogens is 488 g/mol. The maximum absolute atomic E-state index is 13.5. The minimum atomic E-state index is -4.18. The van der Waals surface area contributed by atoms with Crippen molar-refractivity contribution in [3.63, 3.8) is 0 Å². The molecule has 1 saturated heterocycles. The molecule has 2 aromatic rings. The number of aromatic hydroxyl groups is 1. The van der Waals surface area contributed by atoms with Crippen molar-refractivity contribution < 1.29 is 23.4 Å². The zero-order valence-electron chi connectivity index (χ0n) is 21.4. The highest BCUT2D eigenvalue weighted by Gasteiger charge is 2.45. The topological polar surface area (TPSA) is 107 Å². The molecule has 0 aliphatic carbocycles. The Labute approximate surface area is 213 Å². The molecular formula is C26H35ClN2O5S. The first kappa shape index (κ1) is 27.3. The van der Waals surface area contributed by atoms with Gasteiger partial charge in [0.05, 0.1) is 5.02 Å². The highest BCUT2D eigenvalue weighted by Crippen LogP contribution is 2.42. The van der Waals surface area contributed by atoms with Crippen molar-refractivity contribution in [1.82, 2.24) is 4.90 Å². The molecule has 0 aromatic heterocycles. The molecule has 0 radical (unpaired) electrons. The number of aliphatic hydroxyl groups is 1. The lowest BCUT2D eigenvalue weighted by atomic mass is 9.79. The Balaban J connectivity index is 2.11. The second-order valence-corrected chi connectivity index (χ2v) is 13.2. The number of phenolic OH excluding ortho intramolecular Hbond substituents is 1. The van der Waals surface area contributed by atoms with Crippen LogP contribution in [0.2, 0.25) is 5.02 Å². The van der Waals surface area contributed by atoms with Gasteiger partial charge in [0.25, 0.3) is 10.0 Å². The van der Waals surface area contributed by atoms with Crippen LogP contribution in [0.5, 0.6) is 5.75 Å². The van der Waals surface area contributed by atoms with E-state index in [0.29, 0.717) is 16.8 Å². The minimum absolute atomic E-state index is 0.0110. The van der Waals surface area contributed by atoms with E-state index in [-0.39, 0.29) is 46.5 Å². The number of carbonyl (C=O) groups is 1. The molecule has 2 aromatic carbocycles. The van der Waals surface area contributed by atoms with E-state index in [4.69, 9.17) is 11.6 Å². The fourth-order valence-corrected chi connectivity index (χ4v) is 6.07. The fourth-order valence-electron chi connectivity index (χ4n) is 4.50. The molecule has 192 valence electrons. The van der Waals surface area contributed by atoms with Crippen molar-refractivity contribution in [3.05, 3.63) is 52.0 Å². The quantitative estimate of drug-likeness (QED) is 0.466. The van der Waals surface area contributed by atoms with Gasteiger partial charge >= 0.3 is 0 Å². The number of sulfonamides is 1. The number of phenols is 1. The standard InChI is InChI=1S/C26H35ClN2O5S/c1-8-29-22(30)11-12-26(29,32)16-9-10-20(27)21(13-16)35(33,34)28-17-14-18(24(2,3)4)23(31)19(15-17)25(5,6)7/h9-10,13-15,28,31-32H,8,11-12H2,1-7H3. The molecule has 9 heteroatoms. The van der Waals surface area contributed by atoms with Gasteiger partial charge in [-0.05, 0) is 42.0 Å². The minimum Gasteiger partial charge on any atom is -0.507 e. The third-order valence-electron chi connectivity index (χ3n) is 6.41. The van der Waals surface area contributed by atoms with Crippen LogP contribution in [-0.2, 0) is 31.4 Å². The Morgan fingerprint density at radius 3 is 2.09 bits per heavy atom. The van der Waals surface area contributed by atoms with E-state index < -0.39 is 26.6 Å². The van der Waals surface area contributed by atoms with Crippen molar-refractivity contribution in [2.24, 2.45) is 0 Å². The van der Waals surface area contributed by atoms with Gasteiger partial charge in [-0.15, -0.1) is 0 Å². The van der Waals surface area contributed by atoms with Gasteiger partial charge in [0, 0.05) is 41.8 Å². The van der Waals surface area contributed by atoms with E-state index in [1.807, 2.05) is 41.5 Å². The van der Waals surface area contributed by atoms with E-state index >= 15 is 0 Å². The zero-order valence-corrected chi connectivity index (χ0v) is 22.9. The lowest BCUT2D eigenvalue weighted by Crippen LogP contribution is -2.43. The molecule has 1 aliphatic rings. The van der Waals surface area contributed by atoms with Crippen LogP contribution in [-0.4, -0.2) is 36.0 Å². The second kappa shape index (κ2) is 8.98. The summed E-state index contributed by atoms with van der Waals surface area (Å²) in [5, 5.41) is 22.2. The van der Waals surface area contributed by atoms with Crippen LogP contribution in [0.25, 0.3) is 0 Å². The zero-order chi connectivity index (χ0) is 26.6. The van der Waals surface area contributed by atoms with Gasteiger partial charge in [0.15, 0.2) is 5.72 Å². The third kappa shape index (κ3) is 5.15. The summed E-state index contributed by atoms with van der Waals surface area (Å²) in [4.78, 5) is 13.4. The SMILES string of the molecule is CCN1C(=O)CCC1(O)c1ccc(Cl)c(S(=O)(=O)Nc2cc(C(C)(C)C)c(O)c(C(C)(C)C)c2)c1. The maximum atomic E-state index is 13.5. The molecule has 3 rings (SSSR count). The van der Waals surface area contributed by atoms with Crippen molar-refractivity contribution in [3.8, 4) is 5.75 Å². The second-order valence-electron chi connectivity index (χ2n) is 11.1. The van der Waals surface area contributed by atoms with Gasteiger partial charge in [-0.2, -0.15) is 0 Å². The van der Waals surface area contributed by atoms with Crippen LogP contribution < -0.4 is 4.72 Å². The molecule has 1 fully saturated rings. The number of halogens is 1. The van der Waals surface area contributed by atoms with Gasteiger partial charge in [-0.25, -0.2) is 8.42 Å². The van der Waals surface area contributed by atoms with E-state index in [1.54, 1.807) is 25.1 Å². The highest BCUT2D eigenvalue weighted by atomic mass is 35.5. The Hall–Kier alpha value is -2.29. The number of nitrogens with zero attached hydrogens (tertiary/aromatic N) is 1. The molecule has 7 nitrogen and oxygen atoms in total. The number of amides is 1. The molecule has 1 aliphatic heterocycles. The van der Waals surface area contributed by atoms with E-state index in [1.165, 1.54) is 17.0 Å². The van der Waals surface area contributed by atoms with E-state index in [0.717, 1.165) is 0 Å². The Morgan fingerprint density at radius 2 is 1.60 bits per heavy atom. The molecule has 1 unspecified atom stereocenters. The monoisotopic (exact) mass is 522 g/mol. The summed E-state index contributed by atoms with van der Waals surface area (Å²) in [6.45, 7) is 13.7. The summed E-state index contributed by atoms with van der Waals surface area (Å²) < 4.78 is 29.6. The van der Waals surface area contributed by atoms with Crippen LogP contribution in [0.3, 0.4) is 0 Å². The first-order valence-electron chi connectivity index (χ1n) is 11.7. The number of hydrogen-bond donors (Lipinski definition) is 3. The molecule has 1 atom stereocenters. The Morgan fingerprint density at radius 1 is 1.06 bits per heavy atom. The summed E-state index contributed by atoms with van der Waals surface area (Å²) >= 11 is 6.31. The number of anilines is 1. The summed E-state index contributed by atoms with van der Waals surface area (Å²) in [6, 6.07) is 7.53. The highest BCUT2D eigenvalue weighted by molar-refractivity contribution is 7.92. The summed E-state index contributed by atoms with van der Waals surface area (Å²) in [7, 11) is -4.18. The maximum Gasteiger partial charge on any atom is 0.263 e. The number of benzene rings is 2. The van der Waals surface area contributed by atoms with Crippen molar-refractivity contribution in [2.75, 3.05) is 11.3 Å². The fraction of sp³-hybridized carbons (Fsp3) is 0.500. The Kier molecular flexibility index (Phi) is 7.00. The lowest BCUT2D eigenvalue weighted by Gasteiger charge is -2.33. The molecule has 0 spiro atoms. The molecule has 35 heavy (non-hydrogen) atoms. The molecule has 1 amide bonds. The van der Waals surface area contributed by atoms with Crippen molar-refractivity contribution in [2.45, 2.75) is 82.8 Å². The number of hydrogen-bond acceptors (Lipinski definition) is 5. The normalized spacial score (nSPS) is 19.3.